The summed E-state index contributed by atoms with van der Waals surface area (Å²) < 4.78 is 5.30. The topological polar surface area (TPSA) is 55.4 Å². The molecule has 0 saturated heterocycles. The van der Waals surface area contributed by atoms with Crippen molar-refractivity contribution in [1.82, 2.24) is 0 Å². The molecule has 0 aliphatic heterocycles. The molecule has 0 aliphatic carbocycles. The van der Waals surface area contributed by atoms with E-state index in [1.165, 1.54) is 11.3 Å². The van der Waals surface area contributed by atoms with E-state index in [-0.39, 0.29) is 5.91 Å². The van der Waals surface area contributed by atoms with Gasteiger partial charge in [0, 0.05) is 5.69 Å². The third kappa shape index (κ3) is 4.23. The monoisotopic (exact) mass is 345 g/mol. The van der Waals surface area contributed by atoms with Crippen molar-refractivity contribution in [2.45, 2.75) is 46.1 Å². The van der Waals surface area contributed by atoms with Crippen LogP contribution >= 0.6 is 11.3 Å². The Morgan fingerprint density at radius 1 is 1.21 bits per heavy atom. The van der Waals surface area contributed by atoms with Crippen LogP contribution in [0.2, 0.25) is 0 Å². The summed E-state index contributed by atoms with van der Waals surface area (Å²) in [6.07, 6.45) is 0.124. The zero-order valence-corrected chi connectivity index (χ0v) is 15.3. The highest BCUT2D eigenvalue weighted by molar-refractivity contribution is 7.12. The fraction of sp³-hybridized carbons (Fsp3) is 0.368. The van der Waals surface area contributed by atoms with Crippen LogP contribution in [0.4, 0.5) is 5.69 Å². The molecule has 128 valence electrons. The van der Waals surface area contributed by atoms with Gasteiger partial charge in [0.2, 0.25) is 0 Å². The van der Waals surface area contributed by atoms with E-state index in [0.29, 0.717) is 10.8 Å². The molecule has 0 bridgehead atoms. The van der Waals surface area contributed by atoms with Crippen molar-refractivity contribution in [2.75, 3.05) is 5.32 Å². The predicted octanol–water partition coefficient (Wildman–Crippen LogP) is 4.75. The van der Waals surface area contributed by atoms with E-state index in [1.54, 1.807) is 6.92 Å². The first-order valence-electron chi connectivity index (χ1n) is 8.08. The molecule has 2 atom stereocenters. The van der Waals surface area contributed by atoms with Crippen molar-refractivity contribution in [3.63, 3.8) is 0 Å². The zero-order chi connectivity index (χ0) is 17.7. The van der Waals surface area contributed by atoms with E-state index in [4.69, 9.17) is 4.74 Å². The van der Waals surface area contributed by atoms with Crippen LogP contribution in [0.5, 0.6) is 0 Å². The quantitative estimate of drug-likeness (QED) is 0.768. The summed E-state index contributed by atoms with van der Waals surface area (Å²) in [4.78, 5) is 25.0. The van der Waals surface area contributed by atoms with Gasteiger partial charge in [0.1, 0.15) is 4.88 Å². The van der Waals surface area contributed by atoms with E-state index in [0.717, 1.165) is 23.2 Å². The highest BCUT2D eigenvalue weighted by atomic mass is 32.1. The van der Waals surface area contributed by atoms with Crippen LogP contribution in [-0.2, 0) is 9.53 Å². The van der Waals surface area contributed by atoms with Gasteiger partial charge in [-0.25, -0.2) is 4.79 Å². The van der Waals surface area contributed by atoms with E-state index in [2.05, 4.69) is 19.2 Å². The number of anilines is 1. The van der Waals surface area contributed by atoms with Gasteiger partial charge in [-0.2, -0.15) is 0 Å². The van der Waals surface area contributed by atoms with Crippen molar-refractivity contribution >= 4 is 28.9 Å². The van der Waals surface area contributed by atoms with Crippen molar-refractivity contribution in [3.05, 3.63) is 51.7 Å². The third-order valence-electron chi connectivity index (χ3n) is 4.06. The van der Waals surface area contributed by atoms with Crippen LogP contribution in [0.25, 0.3) is 0 Å². The van der Waals surface area contributed by atoms with E-state index >= 15 is 0 Å². The molecule has 0 fully saturated rings. The Bertz CT molecular complexity index is 723. The van der Waals surface area contributed by atoms with Gasteiger partial charge in [-0.15, -0.1) is 11.3 Å². The number of hydrogen-bond donors (Lipinski definition) is 1. The molecule has 4 nitrogen and oxygen atoms in total. The SMILES string of the molecule is CC[C@H](C)c1ccccc1NC(=O)[C@H](C)OC(=O)c1sccc1C. The molecule has 1 aromatic carbocycles. The van der Waals surface area contributed by atoms with E-state index < -0.39 is 12.1 Å². The lowest BCUT2D eigenvalue weighted by Crippen LogP contribution is -2.30. The lowest BCUT2D eigenvalue weighted by Gasteiger charge is -2.18. The number of carbonyl (C=O) groups excluding carboxylic acids is 2. The third-order valence-corrected chi connectivity index (χ3v) is 5.06. The molecule has 0 unspecified atom stereocenters. The van der Waals surface area contributed by atoms with Gasteiger partial charge in [0.05, 0.1) is 0 Å². The lowest BCUT2D eigenvalue weighted by atomic mass is 9.97. The number of aryl methyl sites for hydroxylation is 1. The normalized spacial score (nSPS) is 13.2. The molecule has 24 heavy (non-hydrogen) atoms. The minimum Gasteiger partial charge on any atom is -0.448 e. The number of benzene rings is 1. The standard InChI is InChI=1S/C19H23NO3S/c1-5-12(2)15-8-6-7-9-16(15)20-18(21)14(4)23-19(22)17-13(3)10-11-24-17/h6-12,14H,5H2,1-4H3,(H,20,21)/t12-,14-/m0/s1. The number of hydrogen-bond acceptors (Lipinski definition) is 4. The molecular formula is C19H23NO3S. The summed E-state index contributed by atoms with van der Waals surface area (Å²) in [6, 6.07) is 9.58. The Kier molecular flexibility index (Phi) is 6.15. The smallest absolute Gasteiger partial charge is 0.349 e. The number of thiophene rings is 1. The number of amides is 1. The molecule has 0 radical (unpaired) electrons. The van der Waals surface area contributed by atoms with Crippen LogP contribution < -0.4 is 5.32 Å². The Hall–Kier alpha value is -2.14. The number of nitrogens with one attached hydrogen (secondary N) is 1. The second-order valence-corrected chi connectivity index (χ2v) is 6.78. The van der Waals surface area contributed by atoms with Gasteiger partial charge in [0.15, 0.2) is 6.10 Å². The molecule has 5 heteroatoms. The summed E-state index contributed by atoms with van der Waals surface area (Å²) in [5.41, 5.74) is 2.72. The zero-order valence-electron chi connectivity index (χ0n) is 14.5. The summed E-state index contributed by atoms with van der Waals surface area (Å²) in [6.45, 7) is 7.66. The number of para-hydroxylation sites is 1. The molecule has 0 saturated carbocycles. The molecule has 0 spiro atoms. The summed E-state index contributed by atoms with van der Waals surface area (Å²) in [7, 11) is 0. The minimum absolute atomic E-state index is 0.326. The largest absolute Gasteiger partial charge is 0.448 e. The van der Waals surface area contributed by atoms with E-state index in [9.17, 15) is 9.59 Å². The molecule has 1 amide bonds. The van der Waals surface area contributed by atoms with Gasteiger partial charge in [-0.3, -0.25) is 4.79 Å². The Labute approximate surface area is 146 Å². The molecular weight excluding hydrogens is 322 g/mol. The number of rotatable bonds is 6. The second-order valence-electron chi connectivity index (χ2n) is 5.87. The fourth-order valence-electron chi connectivity index (χ4n) is 2.34. The number of ether oxygens (including phenoxy) is 1. The van der Waals surface area contributed by atoms with Gasteiger partial charge >= 0.3 is 5.97 Å². The molecule has 2 rings (SSSR count). The Morgan fingerprint density at radius 2 is 1.92 bits per heavy atom. The first kappa shape index (κ1) is 18.2. The molecule has 0 aliphatic rings. The highest BCUT2D eigenvalue weighted by Crippen LogP contribution is 2.26. The highest BCUT2D eigenvalue weighted by Gasteiger charge is 2.22. The maximum absolute atomic E-state index is 12.4. The summed E-state index contributed by atoms with van der Waals surface area (Å²) in [5, 5.41) is 4.71. The Balaban J connectivity index is 2.05. The number of carbonyl (C=O) groups is 2. The van der Waals surface area contributed by atoms with Gasteiger partial charge < -0.3 is 10.1 Å². The minimum atomic E-state index is -0.857. The maximum Gasteiger partial charge on any atom is 0.349 e. The first-order chi connectivity index (χ1) is 11.4. The average molecular weight is 345 g/mol. The Morgan fingerprint density at radius 3 is 2.54 bits per heavy atom. The molecule has 1 heterocycles. The van der Waals surface area contributed by atoms with Crippen LogP contribution in [0, 0.1) is 6.92 Å². The van der Waals surface area contributed by atoms with Crippen molar-refractivity contribution in [3.8, 4) is 0 Å². The molecule has 1 N–H and O–H groups in total. The van der Waals surface area contributed by atoms with Crippen molar-refractivity contribution in [1.29, 1.82) is 0 Å². The van der Waals surface area contributed by atoms with Crippen molar-refractivity contribution < 1.29 is 14.3 Å². The van der Waals surface area contributed by atoms with E-state index in [1.807, 2.05) is 42.6 Å². The van der Waals surface area contributed by atoms with Crippen molar-refractivity contribution in [2.24, 2.45) is 0 Å². The average Bonchev–Trinajstić information content (AvgIpc) is 3.00. The van der Waals surface area contributed by atoms with Crippen LogP contribution in [-0.4, -0.2) is 18.0 Å². The maximum atomic E-state index is 12.4. The van der Waals surface area contributed by atoms with Crippen LogP contribution in [0.15, 0.2) is 35.7 Å². The number of esters is 1. The predicted molar refractivity (Wildman–Crippen MR) is 97.7 cm³/mol. The van der Waals surface area contributed by atoms with Crippen LogP contribution in [0.3, 0.4) is 0 Å². The van der Waals surface area contributed by atoms with Crippen LogP contribution in [0.1, 0.15) is 53.9 Å². The van der Waals surface area contributed by atoms with Gasteiger partial charge in [-0.1, -0.05) is 32.0 Å². The summed E-state index contributed by atoms with van der Waals surface area (Å²) >= 11 is 1.32. The fourth-order valence-corrected chi connectivity index (χ4v) is 3.15. The first-order valence-corrected chi connectivity index (χ1v) is 8.96. The lowest BCUT2D eigenvalue weighted by molar-refractivity contribution is -0.123. The second kappa shape index (κ2) is 8.11. The molecule has 1 aromatic heterocycles. The summed E-state index contributed by atoms with van der Waals surface area (Å²) in [5.74, 6) is -0.443. The molecule has 2 aromatic rings. The van der Waals surface area contributed by atoms with Gasteiger partial charge in [-0.05, 0) is 54.8 Å². The van der Waals surface area contributed by atoms with Gasteiger partial charge in [0.25, 0.3) is 5.91 Å².